The minimum absolute atomic E-state index is 0.00102. The third-order valence-electron chi connectivity index (χ3n) is 5.41. The molecule has 0 bridgehead atoms. The molecule has 5 nitrogen and oxygen atoms in total. The number of likely N-dealkylation sites (tertiary alicyclic amines) is 1. The minimum atomic E-state index is -2.78. The molecule has 1 atom stereocenters. The molecule has 0 aliphatic carbocycles. The maximum absolute atomic E-state index is 11.7. The molecule has 0 radical (unpaired) electrons. The van der Waals surface area contributed by atoms with Crippen LogP contribution in [0, 0.1) is 5.92 Å². The summed E-state index contributed by atoms with van der Waals surface area (Å²) in [5, 5.41) is 0. The average molecular weight is 362 g/mol. The lowest BCUT2D eigenvalue weighted by Gasteiger charge is -2.42. The Morgan fingerprint density at radius 3 is 2.56 bits per heavy atom. The van der Waals surface area contributed by atoms with Gasteiger partial charge >= 0.3 is 0 Å². The number of fused-ring (bicyclic) bond motifs is 1. The van der Waals surface area contributed by atoms with Crippen LogP contribution in [0.1, 0.15) is 39.1 Å². The summed E-state index contributed by atoms with van der Waals surface area (Å²) in [5.41, 5.74) is 2.27. The first kappa shape index (κ1) is 17.0. The van der Waals surface area contributed by atoms with E-state index in [-0.39, 0.29) is 5.41 Å². The SMILES string of the molecule is CC(C)(C)c1nc2ccccc2n1C1CN(CC2CCS(=O)(=O)C2)C1. The number of nitrogens with zero attached hydrogens (tertiary/aromatic N) is 3. The van der Waals surface area contributed by atoms with Crippen LogP contribution >= 0.6 is 0 Å². The predicted molar refractivity (Wildman–Crippen MR) is 101 cm³/mol. The van der Waals surface area contributed by atoms with E-state index in [1.165, 1.54) is 5.52 Å². The highest BCUT2D eigenvalue weighted by molar-refractivity contribution is 7.91. The van der Waals surface area contributed by atoms with Gasteiger partial charge in [-0.3, -0.25) is 4.90 Å². The molecular formula is C19H27N3O2S. The Labute approximate surface area is 150 Å². The highest BCUT2D eigenvalue weighted by Gasteiger charge is 2.37. The van der Waals surface area contributed by atoms with Crippen molar-refractivity contribution >= 4 is 20.9 Å². The van der Waals surface area contributed by atoms with Gasteiger partial charge in [-0.2, -0.15) is 0 Å². The molecule has 2 aliphatic rings. The number of benzene rings is 1. The van der Waals surface area contributed by atoms with Gasteiger partial charge in [-0.25, -0.2) is 13.4 Å². The fourth-order valence-electron chi connectivity index (χ4n) is 4.18. The molecule has 0 saturated carbocycles. The molecule has 136 valence electrons. The predicted octanol–water partition coefficient (Wildman–Crippen LogP) is 2.63. The molecule has 1 aromatic carbocycles. The molecule has 1 aromatic heterocycles. The third kappa shape index (κ3) is 3.22. The Kier molecular flexibility index (Phi) is 3.96. The summed E-state index contributed by atoms with van der Waals surface area (Å²) >= 11 is 0. The molecule has 25 heavy (non-hydrogen) atoms. The third-order valence-corrected chi connectivity index (χ3v) is 7.25. The van der Waals surface area contributed by atoms with Crippen LogP contribution in [0.4, 0.5) is 0 Å². The van der Waals surface area contributed by atoms with Gasteiger partial charge in [0, 0.05) is 25.0 Å². The van der Waals surface area contributed by atoms with Gasteiger partial charge in [-0.15, -0.1) is 0 Å². The van der Waals surface area contributed by atoms with Crippen molar-refractivity contribution < 1.29 is 8.42 Å². The van der Waals surface area contributed by atoms with E-state index < -0.39 is 9.84 Å². The minimum Gasteiger partial charge on any atom is -0.322 e. The van der Waals surface area contributed by atoms with E-state index in [0.29, 0.717) is 23.5 Å². The molecule has 2 aliphatic heterocycles. The van der Waals surface area contributed by atoms with Crippen LogP contribution in [0.3, 0.4) is 0 Å². The summed E-state index contributed by atoms with van der Waals surface area (Å²) < 4.78 is 25.7. The van der Waals surface area contributed by atoms with Gasteiger partial charge in [0.05, 0.1) is 28.6 Å². The van der Waals surface area contributed by atoms with Gasteiger partial charge in [0.25, 0.3) is 0 Å². The van der Waals surface area contributed by atoms with Gasteiger partial charge in [0.15, 0.2) is 9.84 Å². The molecule has 4 rings (SSSR count). The van der Waals surface area contributed by atoms with Crippen LogP contribution < -0.4 is 0 Å². The van der Waals surface area contributed by atoms with Crippen LogP contribution in [0.25, 0.3) is 11.0 Å². The van der Waals surface area contributed by atoms with Crippen molar-refractivity contribution in [2.24, 2.45) is 5.92 Å². The molecule has 0 spiro atoms. The number of hydrogen-bond acceptors (Lipinski definition) is 4. The normalized spacial score (nSPS) is 24.7. The lowest BCUT2D eigenvalue weighted by Crippen LogP contribution is -2.50. The monoisotopic (exact) mass is 361 g/mol. The van der Waals surface area contributed by atoms with Gasteiger partial charge in [0.2, 0.25) is 0 Å². The highest BCUT2D eigenvalue weighted by Crippen LogP contribution is 2.34. The van der Waals surface area contributed by atoms with Gasteiger partial charge in [-0.05, 0) is 24.5 Å². The molecule has 2 aromatic rings. The van der Waals surface area contributed by atoms with E-state index in [4.69, 9.17) is 4.98 Å². The quantitative estimate of drug-likeness (QED) is 0.843. The zero-order valence-corrected chi connectivity index (χ0v) is 16.1. The Bertz CT molecular complexity index is 889. The van der Waals surface area contributed by atoms with Gasteiger partial charge < -0.3 is 4.57 Å². The first-order valence-corrected chi connectivity index (χ1v) is 11.0. The van der Waals surface area contributed by atoms with Crippen LogP contribution in [-0.4, -0.2) is 54.0 Å². The molecule has 2 saturated heterocycles. The number of para-hydroxylation sites is 2. The molecule has 6 heteroatoms. The van der Waals surface area contributed by atoms with Crippen LogP contribution in [0.2, 0.25) is 0 Å². The van der Waals surface area contributed by atoms with E-state index in [9.17, 15) is 8.42 Å². The van der Waals surface area contributed by atoms with E-state index in [0.717, 1.165) is 37.4 Å². The molecule has 0 amide bonds. The summed E-state index contributed by atoms with van der Waals surface area (Å²) in [5.74, 6) is 2.19. The first-order chi connectivity index (χ1) is 11.7. The fourth-order valence-corrected chi connectivity index (χ4v) is 6.03. The Morgan fingerprint density at radius 1 is 1.20 bits per heavy atom. The molecule has 0 N–H and O–H groups in total. The summed E-state index contributed by atoms with van der Waals surface area (Å²) in [7, 11) is -2.78. The van der Waals surface area contributed by atoms with Crippen LogP contribution in [0.5, 0.6) is 0 Å². The van der Waals surface area contributed by atoms with Gasteiger partial charge in [0.1, 0.15) is 5.82 Å². The second-order valence-corrected chi connectivity index (χ2v) is 10.9. The van der Waals surface area contributed by atoms with Crippen molar-refractivity contribution in [1.29, 1.82) is 0 Å². The zero-order chi connectivity index (χ0) is 17.8. The molecular weight excluding hydrogens is 334 g/mol. The number of sulfone groups is 1. The van der Waals surface area contributed by atoms with Crippen molar-refractivity contribution in [3.05, 3.63) is 30.1 Å². The lowest BCUT2D eigenvalue weighted by molar-refractivity contribution is 0.0904. The van der Waals surface area contributed by atoms with Crippen LogP contribution in [-0.2, 0) is 15.3 Å². The zero-order valence-electron chi connectivity index (χ0n) is 15.3. The van der Waals surface area contributed by atoms with Crippen molar-refractivity contribution in [3.8, 4) is 0 Å². The second-order valence-electron chi connectivity index (χ2n) is 8.69. The number of hydrogen-bond donors (Lipinski definition) is 0. The van der Waals surface area contributed by atoms with Crippen molar-refractivity contribution in [1.82, 2.24) is 14.5 Å². The van der Waals surface area contributed by atoms with E-state index in [1.807, 2.05) is 6.07 Å². The fraction of sp³-hybridized carbons (Fsp3) is 0.632. The Morgan fingerprint density at radius 2 is 1.92 bits per heavy atom. The highest BCUT2D eigenvalue weighted by atomic mass is 32.2. The maximum Gasteiger partial charge on any atom is 0.150 e. The lowest BCUT2D eigenvalue weighted by atomic mass is 9.94. The van der Waals surface area contributed by atoms with E-state index in [2.05, 4.69) is 48.4 Å². The van der Waals surface area contributed by atoms with E-state index >= 15 is 0 Å². The average Bonchev–Trinajstić information content (AvgIpc) is 3.02. The number of rotatable bonds is 3. The first-order valence-electron chi connectivity index (χ1n) is 9.13. The second kappa shape index (κ2) is 5.81. The number of imidazole rings is 1. The summed E-state index contributed by atoms with van der Waals surface area (Å²) in [4.78, 5) is 7.30. The summed E-state index contributed by atoms with van der Waals surface area (Å²) in [6.07, 6.45) is 0.824. The molecule has 1 unspecified atom stereocenters. The molecule has 3 heterocycles. The largest absolute Gasteiger partial charge is 0.322 e. The standard InChI is InChI=1S/C19H27N3O2S/c1-19(2,3)18-20-16-6-4-5-7-17(16)22(18)15-11-21(12-15)10-14-8-9-25(23,24)13-14/h4-7,14-15H,8-13H2,1-3H3. The Hall–Kier alpha value is -1.40. The number of aromatic nitrogens is 2. The van der Waals surface area contributed by atoms with Crippen molar-refractivity contribution in [3.63, 3.8) is 0 Å². The summed E-state index contributed by atoms with van der Waals surface area (Å²) in [6, 6.07) is 8.79. The van der Waals surface area contributed by atoms with Crippen molar-refractivity contribution in [2.75, 3.05) is 31.1 Å². The van der Waals surface area contributed by atoms with Crippen molar-refractivity contribution in [2.45, 2.75) is 38.6 Å². The molecule has 2 fully saturated rings. The smallest absolute Gasteiger partial charge is 0.150 e. The van der Waals surface area contributed by atoms with Crippen LogP contribution in [0.15, 0.2) is 24.3 Å². The maximum atomic E-state index is 11.7. The van der Waals surface area contributed by atoms with Gasteiger partial charge in [-0.1, -0.05) is 32.9 Å². The van der Waals surface area contributed by atoms with E-state index in [1.54, 1.807) is 0 Å². The summed E-state index contributed by atoms with van der Waals surface area (Å²) in [6.45, 7) is 9.52. The Balaban J connectivity index is 1.52. The topological polar surface area (TPSA) is 55.2 Å².